The lowest BCUT2D eigenvalue weighted by Gasteiger charge is -2.23. The van der Waals surface area contributed by atoms with Crippen LogP contribution >= 0.6 is 0 Å². The molecule has 0 saturated carbocycles. The van der Waals surface area contributed by atoms with Gasteiger partial charge in [-0.2, -0.15) is 0 Å². The Bertz CT molecular complexity index is 423. The standard InChI is InChI=1S/C13H20N2O4/c1-3-14(6-5-7-16)11-8-12(15(17)18)10-13(9-11)19-4-2/h8-10,16H,3-7H2,1-2H3. The highest BCUT2D eigenvalue weighted by Gasteiger charge is 2.14. The lowest BCUT2D eigenvalue weighted by Crippen LogP contribution is -2.24. The molecular weight excluding hydrogens is 248 g/mol. The van der Waals surface area contributed by atoms with Crippen LogP contribution in [0.3, 0.4) is 0 Å². The van der Waals surface area contributed by atoms with Crippen LogP contribution in [0.15, 0.2) is 18.2 Å². The Labute approximate surface area is 112 Å². The average molecular weight is 268 g/mol. The van der Waals surface area contributed by atoms with Crippen LogP contribution in [-0.2, 0) is 0 Å². The summed E-state index contributed by atoms with van der Waals surface area (Å²) in [6, 6.07) is 4.74. The van der Waals surface area contributed by atoms with E-state index in [-0.39, 0.29) is 12.3 Å². The number of anilines is 1. The van der Waals surface area contributed by atoms with Gasteiger partial charge in [-0.3, -0.25) is 10.1 Å². The van der Waals surface area contributed by atoms with Gasteiger partial charge in [-0.25, -0.2) is 0 Å². The van der Waals surface area contributed by atoms with Gasteiger partial charge in [0, 0.05) is 37.5 Å². The van der Waals surface area contributed by atoms with Crippen molar-refractivity contribution in [3.05, 3.63) is 28.3 Å². The minimum atomic E-state index is -0.425. The van der Waals surface area contributed by atoms with Gasteiger partial charge in [-0.05, 0) is 20.3 Å². The van der Waals surface area contributed by atoms with Crippen molar-refractivity contribution in [2.45, 2.75) is 20.3 Å². The van der Waals surface area contributed by atoms with E-state index in [4.69, 9.17) is 9.84 Å². The van der Waals surface area contributed by atoms with Gasteiger partial charge in [0.25, 0.3) is 5.69 Å². The topological polar surface area (TPSA) is 75.8 Å². The molecule has 1 rings (SSSR count). The van der Waals surface area contributed by atoms with E-state index in [0.29, 0.717) is 31.9 Å². The molecule has 0 unspecified atom stereocenters. The second kappa shape index (κ2) is 7.58. The monoisotopic (exact) mass is 268 g/mol. The summed E-state index contributed by atoms with van der Waals surface area (Å²) in [5, 5.41) is 19.8. The smallest absolute Gasteiger partial charge is 0.275 e. The number of aliphatic hydroxyl groups is 1. The van der Waals surface area contributed by atoms with Crippen molar-refractivity contribution >= 4 is 11.4 Å². The highest BCUT2D eigenvalue weighted by molar-refractivity contribution is 5.58. The third kappa shape index (κ3) is 4.40. The quantitative estimate of drug-likeness (QED) is 0.578. The third-order valence-corrected chi connectivity index (χ3v) is 2.73. The molecule has 0 fully saturated rings. The Hall–Kier alpha value is -1.82. The van der Waals surface area contributed by atoms with Gasteiger partial charge >= 0.3 is 0 Å². The second-order valence-electron chi connectivity index (χ2n) is 4.03. The molecule has 0 atom stereocenters. The first-order chi connectivity index (χ1) is 9.12. The Morgan fingerprint density at radius 2 is 2.11 bits per heavy atom. The van der Waals surface area contributed by atoms with E-state index in [1.807, 2.05) is 18.7 Å². The maximum atomic E-state index is 10.9. The zero-order valence-electron chi connectivity index (χ0n) is 11.3. The summed E-state index contributed by atoms with van der Waals surface area (Å²) in [6.07, 6.45) is 0.625. The number of rotatable bonds is 8. The molecule has 1 aromatic carbocycles. The number of benzene rings is 1. The molecule has 1 N–H and O–H groups in total. The summed E-state index contributed by atoms with van der Waals surface area (Å²) in [7, 11) is 0. The van der Waals surface area contributed by atoms with E-state index < -0.39 is 4.92 Å². The Morgan fingerprint density at radius 1 is 1.37 bits per heavy atom. The Morgan fingerprint density at radius 3 is 2.63 bits per heavy atom. The summed E-state index contributed by atoms with van der Waals surface area (Å²) in [6.45, 7) is 5.73. The number of nitrogens with zero attached hydrogens (tertiary/aromatic N) is 2. The first-order valence-electron chi connectivity index (χ1n) is 6.40. The molecule has 6 nitrogen and oxygen atoms in total. The molecule has 0 aliphatic rings. The first-order valence-corrected chi connectivity index (χ1v) is 6.40. The van der Waals surface area contributed by atoms with Gasteiger partial charge < -0.3 is 14.7 Å². The molecule has 0 aliphatic carbocycles. The zero-order chi connectivity index (χ0) is 14.3. The summed E-state index contributed by atoms with van der Waals surface area (Å²) >= 11 is 0. The zero-order valence-corrected chi connectivity index (χ0v) is 11.3. The number of aliphatic hydroxyl groups excluding tert-OH is 1. The van der Waals surface area contributed by atoms with Crippen LogP contribution in [-0.4, -0.2) is 36.3 Å². The van der Waals surface area contributed by atoms with E-state index in [0.717, 1.165) is 5.69 Å². The van der Waals surface area contributed by atoms with Crippen molar-refractivity contribution in [2.75, 3.05) is 31.2 Å². The molecule has 0 aliphatic heterocycles. The maximum absolute atomic E-state index is 10.9. The minimum Gasteiger partial charge on any atom is -0.494 e. The van der Waals surface area contributed by atoms with E-state index in [2.05, 4.69) is 0 Å². The summed E-state index contributed by atoms with van der Waals surface area (Å²) in [5.41, 5.74) is 0.761. The van der Waals surface area contributed by atoms with Crippen LogP contribution in [0.25, 0.3) is 0 Å². The van der Waals surface area contributed by atoms with Crippen LogP contribution < -0.4 is 9.64 Å². The highest BCUT2D eigenvalue weighted by Crippen LogP contribution is 2.28. The highest BCUT2D eigenvalue weighted by atomic mass is 16.6. The summed E-state index contributed by atoms with van der Waals surface area (Å²) in [4.78, 5) is 12.5. The maximum Gasteiger partial charge on any atom is 0.275 e. The largest absolute Gasteiger partial charge is 0.494 e. The number of nitro groups is 1. The molecule has 0 bridgehead atoms. The van der Waals surface area contributed by atoms with Crippen molar-refractivity contribution in [2.24, 2.45) is 0 Å². The van der Waals surface area contributed by atoms with Gasteiger partial charge in [-0.1, -0.05) is 0 Å². The van der Waals surface area contributed by atoms with Crippen molar-refractivity contribution in [3.8, 4) is 5.75 Å². The Kier molecular flexibility index (Phi) is 6.08. The van der Waals surface area contributed by atoms with Gasteiger partial charge in [0.15, 0.2) is 0 Å². The molecule has 19 heavy (non-hydrogen) atoms. The number of non-ortho nitro benzene ring substituents is 1. The van der Waals surface area contributed by atoms with Crippen LogP contribution in [0.2, 0.25) is 0 Å². The number of hydrogen-bond donors (Lipinski definition) is 1. The molecule has 0 amide bonds. The van der Waals surface area contributed by atoms with Crippen molar-refractivity contribution in [1.82, 2.24) is 0 Å². The average Bonchev–Trinajstić information content (AvgIpc) is 2.39. The summed E-state index contributed by atoms with van der Waals surface area (Å²) in [5.74, 6) is 0.495. The second-order valence-corrected chi connectivity index (χ2v) is 4.03. The van der Waals surface area contributed by atoms with E-state index in [9.17, 15) is 10.1 Å². The predicted octanol–water partition coefficient (Wildman–Crippen LogP) is 2.20. The Balaban J connectivity index is 3.05. The van der Waals surface area contributed by atoms with Crippen LogP contribution in [0, 0.1) is 10.1 Å². The summed E-state index contributed by atoms with van der Waals surface area (Å²) < 4.78 is 5.36. The first kappa shape index (κ1) is 15.2. The van der Waals surface area contributed by atoms with Crippen molar-refractivity contribution in [1.29, 1.82) is 0 Å². The normalized spacial score (nSPS) is 10.3. The van der Waals surface area contributed by atoms with Gasteiger partial charge in [0.1, 0.15) is 5.75 Å². The predicted molar refractivity (Wildman–Crippen MR) is 73.9 cm³/mol. The minimum absolute atomic E-state index is 0.0170. The van der Waals surface area contributed by atoms with E-state index in [1.165, 1.54) is 12.1 Å². The van der Waals surface area contributed by atoms with E-state index in [1.54, 1.807) is 6.07 Å². The number of ether oxygens (including phenoxy) is 1. The molecule has 1 aromatic rings. The van der Waals surface area contributed by atoms with Crippen molar-refractivity contribution in [3.63, 3.8) is 0 Å². The van der Waals surface area contributed by atoms with Gasteiger partial charge in [0.05, 0.1) is 17.6 Å². The number of hydrogen-bond acceptors (Lipinski definition) is 5. The van der Waals surface area contributed by atoms with Crippen molar-refractivity contribution < 1.29 is 14.8 Å². The van der Waals surface area contributed by atoms with Crippen LogP contribution in [0.5, 0.6) is 5.75 Å². The fraction of sp³-hybridized carbons (Fsp3) is 0.538. The molecule has 0 saturated heterocycles. The van der Waals surface area contributed by atoms with E-state index >= 15 is 0 Å². The SMILES string of the molecule is CCOc1cc(N(CC)CCCO)cc([N+](=O)[O-])c1. The van der Waals surface area contributed by atoms with Gasteiger partial charge in [-0.15, -0.1) is 0 Å². The molecule has 0 spiro atoms. The molecular formula is C13H20N2O4. The molecule has 106 valence electrons. The third-order valence-electron chi connectivity index (χ3n) is 2.73. The number of nitro benzene ring substituents is 1. The fourth-order valence-corrected chi connectivity index (χ4v) is 1.84. The lowest BCUT2D eigenvalue weighted by atomic mass is 10.2. The molecule has 0 radical (unpaired) electrons. The van der Waals surface area contributed by atoms with Crippen LogP contribution in [0.1, 0.15) is 20.3 Å². The van der Waals surface area contributed by atoms with Gasteiger partial charge in [0.2, 0.25) is 0 Å². The molecule has 0 heterocycles. The van der Waals surface area contributed by atoms with Crippen LogP contribution in [0.4, 0.5) is 11.4 Å². The lowest BCUT2D eigenvalue weighted by molar-refractivity contribution is -0.384. The molecule has 0 aromatic heterocycles. The molecule has 6 heteroatoms. The fourth-order valence-electron chi connectivity index (χ4n) is 1.84.